The maximum absolute atomic E-state index is 11.5. The molecule has 1 unspecified atom stereocenters. The topological polar surface area (TPSA) is 70.5 Å². The molecule has 1 aromatic heterocycles. The van der Waals surface area contributed by atoms with Gasteiger partial charge in [0.2, 0.25) is 0 Å². The zero-order valence-corrected chi connectivity index (χ0v) is 10.5. The van der Waals surface area contributed by atoms with Gasteiger partial charge in [-0.15, -0.1) is 0 Å². The average Bonchev–Trinajstić information content (AvgIpc) is 3.01. The number of halogens is 1. The van der Waals surface area contributed by atoms with E-state index in [2.05, 4.69) is 25.8 Å². The number of hydrogen-bond donors (Lipinski definition) is 3. The lowest BCUT2D eigenvalue weighted by atomic mass is 10.3. The minimum Gasteiger partial charge on any atom is -0.608 e. The Morgan fingerprint density at radius 3 is 2.88 bits per heavy atom. The van der Waals surface area contributed by atoms with Crippen molar-refractivity contribution in [1.82, 2.24) is 9.88 Å². The van der Waals surface area contributed by atoms with E-state index in [9.17, 15) is 5.21 Å². The second-order valence-electron chi connectivity index (χ2n) is 4.49. The molecule has 0 saturated heterocycles. The molecule has 16 heavy (non-hydrogen) atoms. The first-order valence-corrected chi connectivity index (χ1v) is 6.40. The summed E-state index contributed by atoms with van der Waals surface area (Å²) in [6, 6.07) is 0. The molecule has 1 atom stereocenters. The predicted octanol–water partition coefficient (Wildman–Crippen LogP) is 0.119. The number of nitrogens with zero attached hydrogens (tertiary/aromatic N) is 1. The molecule has 1 aromatic rings. The first-order valence-electron chi connectivity index (χ1n) is 5.61. The molecule has 1 aliphatic carbocycles. The molecule has 1 saturated carbocycles. The summed E-state index contributed by atoms with van der Waals surface area (Å²) in [6.07, 6.45) is 2.46. The van der Waals surface area contributed by atoms with Crippen molar-refractivity contribution in [3.63, 3.8) is 0 Å². The molecule has 2 heterocycles. The van der Waals surface area contributed by atoms with Crippen LogP contribution in [0.4, 0.5) is 5.69 Å². The maximum Gasteiger partial charge on any atom is 0.187 e. The summed E-state index contributed by atoms with van der Waals surface area (Å²) in [7, 11) is 0. The Kier molecular flexibility index (Phi) is 2.56. The monoisotopic (exact) mass is 286 g/mol. The van der Waals surface area contributed by atoms with Crippen LogP contribution in [0.2, 0.25) is 0 Å². The summed E-state index contributed by atoms with van der Waals surface area (Å²) in [6.45, 7) is 2.64. The molecule has 5 nitrogen and oxygen atoms in total. The van der Waals surface area contributed by atoms with Gasteiger partial charge in [-0.05, 0) is 28.8 Å². The highest BCUT2D eigenvalue weighted by Crippen LogP contribution is 2.47. The number of aromatic nitrogens is 1. The highest BCUT2D eigenvalue weighted by molar-refractivity contribution is 9.10. The maximum atomic E-state index is 11.5. The third kappa shape index (κ3) is 1.53. The zero-order chi connectivity index (χ0) is 11.3. The third-order valence-electron chi connectivity index (χ3n) is 3.36. The second-order valence-corrected chi connectivity index (χ2v) is 5.28. The minimum atomic E-state index is -0.328. The van der Waals surface area contributed by atoms with Gasteiger partial charge in [-0.3, -0.25) is 5.17 Å². The average molecular weight is 287 g/mol. The Morgan fingerprint density at radius 1 is 1.50 bits per heavy atom. The SMILES string of the molecule is N[NH+]([O-])c1c(Br)c(C2CC2)n2c1CNCC2. The van der Waals surface area contributed by atoms with Gasteiger partial charge in [-0.2, -0.15) is 5.84 Å². The Labute approximate surface area is 102 Å². The van der Waals surface area contributed by atoms with E-state index in [1.807, 2.05) is 0 Å². The third-order valence-corrected chi connectivity index (χ3v) is 4.17. The van der Waals surface area contributed by atoms with Crippen molar-refractivity contribution >= 4 is 21.6 Å². The van der Waals surface area contributed by atoms with Crippen molar-refractivity contribution in [2.45, 2.75) is 31.8 Å². The van der Waals surface area contributed by atoms with Gasteiger partial charge in [0, 0.05) is 31.2 Å². The highest BCUT2D eigenvalue weighted by Gasteiger charge is 2.35. The lowest BCUT2D eigenvalue weighted by molar-refractivity contribution is -0.790. The summed E-state index contributed by atoms with van der Waals surface area (Å²) >= 11 is 3.55. The van der Waals surface area contributed by atoms with Gasteiger partial charge >= 0.3 is 0 Å². The number of nitrogens with two attached hydrogens (primary N) is 1. The fourth-order valence-corrected chi connectivity index (χ4v) is 3.46. The van der Waals surface area contributed by atoms with Crippen LogP contribution in [0.3, 0.4) is 0 Å². The summed E-state index contributed by atoms with van der Waals surface area (Å²) in [5.41, 5.74) is 3.01. The molecular formula is C10H15BrN4O. The number of rotatable bonds is 2. The van der Waals surface area contributed by atoms with Crippen LogP contribution in [0.1, 0.15) is 30.1 Å². The molecule has 6 heteroatoms. The van der Waals surface area contributed by atoms with Crippen LogP contribution in [0, 0.1) is 5.21 Å². The van der Waals surface area contributed by atoms with Crippen molar-refractivity contribution in [3.8, 4) is 0 Å². The van der Waals surface area contributed by atoms with E-state index in [1.165, 1.54) is 18.5 Å². The lowest BCUT2D eigenvalue weighted by Gasteiger charge is -2.21. The van der Waals surface area contributed by atoms with Crippen LogP contribution in [0.15, 0.2) is 4.47 Å². The second kappa shape index (κ2) is 3.82. The molecular weight excluding hydrogens is 272 g/mol. The van der Waals surface area contributed by atoms with Crippen LogP contribution in [-0.4, -0.2) is 11.1 Å². The number of nitrogen functional groups attached to an aromatic ring is 1. The van der Waals surface area contributed by atoms with Crippen molar-refractivity contribution in [3.05, 3.63) is 21.1 Å². The zero-order valence-electron chi connectivity index (χ0n) is 8.92. The summed E-state index contributed by atoms with van der Waals surface area (Å²) in [4.78, 5) is 0. The molecule has 1 fully saturated rings. The van der Waals surface area contributed by atoms with E-state index < -0.39 is 0 Å². The Hall–Kier alpha value is -0.400. The van der Waals surface area contributed by atoms with Crippen LogP contribution in [0.25, 0.3) is 0 Å². The highest BCUT2D eigenvalue weighted by atomic mass is 79.9. The number of fused-ring (bicyclic) bond motifs is 1. The van der Waals surface area contributed by atoms with E-state index in [4.69, 9.17) is 5.84 Å². The quantitative estimate of drug-likeness (QED) is 0.534. The van der Waals surface area contributed by atoms with E-state index in [-0.39, 0.29) is 5.17 Å². The van der Waals surface area contributed by atoms with Crippen molar-refractivity contribution < 1.29 is 5.17 Å². The molecule has 0 aromatic carbocycles. The normalized spacial score (nSPS) is 21.9. The lowest BCUT2D eigenvalue weighted by Crippen LogP contribution is -3.08. The van der Waals surface area contributed by atoms with E-state index in [0.717, 1.165) is 29.8 Å². The fraction of sp³-hybridized carbons (Fsp3) is 0.600. The smallest absolute Gasteiger partial charge is 0.187 e. The van der Waals surface area contributed by atoms with Gasteiger partial charge in [0.1, 0.15) is 4.47 Å². The Balaban J connectivity index is 2.17. The van der Waals surface area contributed by atoms with Crippen molar-refractivity contribution in [1.29, 1.82) is 0 Å². The molecule has 88 valence electrons. The van der Waals surface area contributed by atoms with Gasteiger partial charge in [-0.1, -0.05) is 0 Å². The van der Waals surface area contributed by atoms with Gasteiger partial charge in [-0.25, -0.2) is 0 Å². The Morgan fingerprint density at radius 2 is 2.25 bits per heavy atom. The van der Waals surface area contributed by atoms with Gasteiger partial charge < -0.3 is 15.1 Å². The molecule has 0 spiro atoms. The largest absolute Gasteiger partial charge is 0.608 e. The first-order chi connectivity index (χ1) is 7.70. The minimum absolute atomic E-state index is 0.328. The van der Waals surface area contributed by atoms with Gasteiger partial charge in [0.25, 0.3) is 0 Å². The number of quaternary nitrogens is 1. The molecule has 1 aliphatic heterocycles. The van der Waals surface area contributed by atoms with Crippen LogP contribution >= 0.6 is 15.9 Å². The summed E-state index contributed by atoms with van der Waals surface area (Å²) in [5, 5.41) is 14.5. The summed E-state index contributed by atoms with van der Waals surface area (Å²) in [5.74, 6) is 6.09. The molecule has 0 bridgehead atoms. The standard InChI is InChI=1S/C10H15BrN4O/c11-8-9(6-1-2-6)14-4-3-13-5-7(14)10(8)15(12)16/h6,13,15H,1-5,12H2. The van der Waals surface area contributed by atoms with Crippen LogP contribution in [-0.2, 0) is 13.1 Å². The van der Waals surface area contributed by atoms with Crippen LogP contribution in [0.5, 0.6) is 0 Å². The Bertz CT molecular complexity index is 395. The molecule has 0 radical (unpaired) electrons. The molecule has 0 amide bonds. The van der Waals surface area contributed by atoms with E-state index >= 15 is 0 Å². The number of hydrogen-bond acceptors (Lipinski definition) is 3. The summed E-state index contributed by atoms with van der Waals surface area (Å²) < 4.78 is 3.21. The molecule has 3 rings (SSSR count). The van der Waals surface area contributed by atoms with Crippen molar-refractivity contribution in [2.24, 2.45) is 5.84 Å². The number of nitrogens with one attached hydrogen (secondary N) is 2. The van der Waals surface area contributed by atoms with Gasteiger partial charge in [0.05, 0.1) is 5.69 Å². The fourth-order valence-electron chi connectivity index (χ4n) is 2.50. The van der Waals surface area contributed by atoms with E-state index in [1.54, 1.807) is 0 Å². The van der Waals surface area contributed by atoms with Crippen LogP contribution < -0.4 is 16.3 Å². The van der Waals surface area contributed by atoms with Crippen molar-refractivity contribution in [2.75, 3.05) is 6.54 Å². The molecule has 4 N–H and O–H groups in total. The molecule has 2 aliphatic rings. The predicted molar refractivity (Wildman–Crippen MR) is 64.0 cm³/mol. The van der Waals surface area contributed by atoms with Gasteiger partial charge in [0.15, 0.2) is 5.69 Å². The van der Waals surface area contributed by atoms with E-state index in [0.29, 0.717) is 11.6 Å². The first kappa shape index (κ1) is 10.7.